The van der Waals surface area contributed by atoms with Gasteiger partial charge in [0.25, 0.3) is 5.69 Å². The Morgan fingerprint density at radius 1 is 1.55 bits per heavy atom. The van der Waals surface area contributed by atoms with E-state index in [1.165, 1.54) is 18.7 Å². The van der Waals surface area contributed by atoms with Crippen LogP contribution in [-0.2, 0) is 0 Å². The minimum absolute atomic E-state index is 0.0163. The molecule has 0 aliphatic carbocycles. The third kappa shape index (κ3) is 3.24. The number of nitro groups is 1. The van der Waals surface area contributed by atoms with Crippen LogP contribution in [0.5, 0.6) is 5.75 Å². The Bertz CT molecular complexity index is 546. The molecule has 0 saturated carbocycles. The van der Waals surface area contributed by atoms with Gasteiger partial charge in [0.05, 0.1) is 18.1 Å². The number of anilines is 1. The van der Waals surface area contributed by atoms with Crippen molar-refractivity contribution >= 4 is 11.4 Å². The second kappa shape index (κ2) is 6.33. The Kier molecular flexibility index (Phi) is 4.52. The van der Waals surface area contributed by atoms with Crippen LogP contribution < -0.4 is 15.4 Å². The van der Waals surface area contributed by atoms with Gasteiger partial charge in [0.2, 0.25) is 0 Å². The fourth-order valence-corrected chi connectivity index (χ4v) is 2.03. The lowest BCUT2D eigenvalue weighted by molar-refractivity contribution is -0.384. The number of ether oxygens (including phenoxy) is 1. The normalized spacial score (nSPS) is 14.6. The monoisotopic (exact) mass is 281 g/mol. The van der Waals surface area contributed by atoms with Crippen molar-refractivity contribution < 1.29 is 14.1 Å². The molecule has 0 unspecified atom stereocenters. The number of nitro benzene ring substituents is 1. The van der Waals surface area contributed by atoms with E-state index < -0.39 is 10.7 Å². The molecule has 0 bridgehead atoms. The summed E-state index contributed by atoms with van der Waals surface area (Å²) in [7, 11) is 1.32. The number of nitrogens with one attached hydrogen (secondary N) is 2. The molecule has 1 aliphatic heterocycles. The summed E-state index contributed by atoms with van der Waals surface area (Å²) in [6, 6.07) is 2.19. The number of hydrogen-bond donors (Lipinski definition) is 2. The van der Waals surface area contributed by atoms with Crippen LogP contribution in [0.3, 0.4) is 0 Å². The molecule has 0 radical (unpaired) electrons. The maximum absolute atomic E-state index is 13.5. The van der Waals surface area contributed by atoms with Gasteiger partial charge < -0.3 is 15.4 Å². The Morgan fingerprint density at radius 3 is 2.95 bits per heavy atom. The Labute approximate surface area is 115 Å². The van der Waals surface area contributed by atoms with Crippen molar-refractivity contribution in [3.8, 4) is 5.75 Å². The standard InChI is InChI=1S/C13H16FN3O3/c1-20-13-7-11(12(17(18)19)6-10(13)14)16-8-9-2-4-15-5-3-9/h2,6-7,15-16H,3-5,8H2,1H3. The minimum atomic E-state index is -0.745. The molecule has 108 valence electrons. The fourth-order valence-electron chi connectivity index (χ4n) is 2.03. The lowest BCUT2D eigenvalue weighted by Gasteiger charge is -2.15. The molecule has 0 fully saturated rings. The Hall–Kier alpha value is -2.15. The SMILES string of the molecule is COc1cc(NCC2=CCNCC2)c([N+](=O)[O-])cc1F. The lowest BCUT2D eigenvalue weighted by atomic mass is 10.1. The molecule has 1 aliphatic rings. The molecule has 1 aromatic carbocycles. The zero-order valence-electron chi connectivity index (χ0n) is 11.1. The van der Waals surface area contributed by atoms with Crippen molar-refractivity contribution in [3.63, 3.8) is 0 Å². The van der Waals surface area contributed by atoms with Gasteiger partial charge in [0, 0.05) is 19.2 Å². The van der Waals surface area contributed by atoms with Crippen LogP contribution in [0.2, 0.25) is 0 Å². The summed E-state index contributed by atoms with van der Waals surface area (Å²) in [5.41, 5.74) is 1.13. The first-order chi connectivity index (χ1) is 9.61. The number of rotatable bonds is 5. The van der Waals surface area contributed by atoms with Crippen LogP contribution in [0.15, 0.2) is 23.8 Å². The molecule has 0 amide bonds. The van der Waals surface area contributed by atoms with Crippen molar-refractivity contribution in [2.75, 3.05) is 32.1 Å². The van der Waals surface area contributed by atoms with Crippen molar-refractivity contribution in [2.24, 2.45) is 0 Å². The first-order valence-electron chi connectivity index (χ1n) is 6.26. The summed E-state index contributed by atoms with van der Waals surface area (Å²) in [6.07, 6.45) is 2.93. The van der Waals surface area contributed by atoms with E-state index in [2.05, 4.69) is 10.6 Å². The average Bonchev–Trinajstić information content (AvgIpc) is 2.46. The van der Waals surface area contributed by atoms with Crippen molar-refractivity contribution in [2.45, 2.75) is 6.42 Å². The lowest BCUT2D eigenvalue weighted by Crippen LogP contribution is -2.23. The number of halogens is 1. The molecule has 0 saturated heterocycles. The highest BCUT2D eigenvalue weighted by Crippen LogP contribution is 2.31. The molecule has 0 spiro atoms. The Balaban J connectivity index is 2.20. The van der Waals surface area contributed by atoms with E-state index in [9.17, 15) is 14.5 Å². The van der Waals surface area contributed by atoms with E-state index in [0.29, 0.717) is 6.54 Å². The van der Waals surface area contributed by atoms with Crippen LogP contribution >= 0.6 is 0 Å². The summed E-state index contributed by atoms with van der Waals surface area (Å²) in [4.78, 5) is 10.3. The van der Waals surface area contributed by atoms with E-state index in [1.807, 2.05) is 6.08 Å². The van der Waals surface area contributed by atoms with Gasteiger partial charge >= 0.3 is 0 Å². The summed E-state index contributed by atoms with van der Waals surface area (Å²) in [5.74, 6) is -0.761. The smallest absolute Gasteiger partial charge is 0.295 e. The molecule has 7 heteroatoms. The zero-order chi connectivity index (χ0) is 14.5. The topological polar surface area (TPSA) is 76.4 Å². The molecule has 0 aromatic heterocycles. The van der Waals surface area contributed by atoms with Crippen LogP contribution in [0.4, 0.5) is 15.8 Å². The van der Waals surface area contributed by atoms with Gasteiger partial charge in [0.1, 0.15) is 5.69 Å². The van der Waals surface area contributed by atoms with Gasteiger partial charge in [-0.2, -0.15) is 0 Å². The van der Waals surface area contributed by atoms with Crippen LogP contribution in [-0.4, -0.2) is 31.7 Å². The molecule has 6 nitrogen and oxygen atoms in total. The maximum Gasteiger partial charge on any atom is 0.295 e. The minimum Gasteiger partial charge on any atom is -0.494 e. The fraction of sp³-hybridized carbons (Fsp3) is 0.385. The van der Waals surface area contributed by atoms with Crippen molar-refractivity contribution in [1.82, 2.24) is 5.32 Å². The molecule has 0 atom stereocenters. The van der Waals surface area contributed by atoms with Crippen LogP contribution in [0, 0.1) is 15.9 Å². The van der Waals surface area contributed by atoms with Crippen LogP contribution in [0.25, 0.3) is 0 Å². The molecule has 2 rings (SSSR count). The van der Waals surface area contributed by atoms with Gasteiger partial charge in [-0.3, -0.25) is 10.1 Å². The third-order valence-corrected chi connectivity index (χ3v) is 3.13. The molecular weight excluding hydrogens is 265 g/mol. The predicted octanol–water partition coefficient (Wildman–Crippen LogP) is 2.07. The first-order valence-corrected chi connectivity index (χ1v) is 6.26. The largest absolute Gasteiger partial charge is 0.494 e. The third-order valence-electron chi connectivity index (χ3n) is 3.13. The maximum atomic E-state index is 13.5. The number of nitrogens with zero attached hydrogens (tertiary/aromatic N) is 1. The van der Waals surface area contributed by atoms with E-state index in [0.717, 1.165) is 25.6 Å². The average molecular weight is 281 g/mol. The highest BCUT2D eigenvalue weighted by molar-refractivity contribution is 5.65. The van der Waals surface area contributed by atoms with Crippen molar-refractivity contribution in [1.29, 1.82) is 0 Å². The summed E-state index contributed by atoms with van der Waals surface area (Å²) in [5, 5.41) is 17.1. The predicted molar refractivity (Wildman–Crippen MR) is 73.7 cm³/mol. The van der Waals surface area contributed by atoms with E-state index in [-0.39, 0.29) is 17.1 Å². The number of hydrogen-bond acceptors (Lipinski definition) is 5. The van der Waals surface area contributed by atoms with E-state index in [1.54, 1.807) is 0 Å². The second-order valence-corrected chi connectivity index (χ2v) is 4.43. The van der Waals surface area contributed by atoms with Crippen LogP contribution in [0.1, 0.15) is 6.42 Å². The summed E-state index contributed by atoms with van der Waals surface area (Å²) in [6.45, 7) is 2.19. The second-order valence-electron chi connectivity index (χ2n) is 4.43. The van der Waals surface area contributed by atoms with Gasteiger partial charge in [0.15, 0.2) is 11.6 Å². The number of methoxy groups -OCH3 is 1. The van der Waals surface area contributed by atoms with E-state index in [4.69, 9.17) is 4.74 Å². The number of benzene rings is 1. The summed E-state index contributed by atoms with van der Waals surface area (Å²) < 4.78 is 18.4. The van der Waals surface area contributed by atoms with E-state index >= 15 is 0 Å². The van der Waals surface area contributed by atoms with Crippen molar-refractivity contribution in [3.05, 3.63) is 39.7 Å². The highest BCUT2D eigenvalue weighted by atomic mass is 19.1. The molecule has 20 heavy (non-hydrogen) atoms. The van der Waals surface area contributed by atoms with Gasteiger partial charge in [-0.15, -0.1) is 0 Å². The van der Waals surface area contributed by atoms with Gasteiger partial charge in [-0.05, 0) is 13.0 Å². The molecular formula is C13H16FN3O3. The van der Waals surface area contributed by atoms with Gasteiger partial charge in [-0.1, -0.05) is 11.6 Å². The molecule has 1 heterocycles. The molecule has 2 N–H and O–H groups in total. The zero-order valence-corrected chi connectivity index (χ0v) is 11.1. The quantitative estimate of drug-likeness (QED) is 0.491. The molecule has 1 aromatic rings. The highest BCUT2D eigenvalue weighted by Gasteiger charge is 2.19. The summed E-state index contributed by atoms with van der Waals surface area (Å²) >= 11 is 0. The van der Waals surface area contributed by atoms with Gasteiger partial charge in [-0.25, -0.2) is 4.39 Å². The Morgan fingerprint density at radius 2 is 2.35 bits per heavy atom. The first kappa shape index (κ1) is 14.3.